The molecule has 0 aromatic heterocycles. The van der Waals surface area contributed by atoms with Crippen LogP contribution in [0.4, 0.5) is 5.69 Å². The number of aromatic hydroxyl groups is 1. The van der Waals surface area contributed by atoms with Crippen LogP contribution in [0.25, 0.3) is 10.6 Å². The number of nitrogens with zero attached hydrogens (tertiary/aromatic N) is 3. The maximum Gasteiger partial charge on any atom is 2.00 e. The van der Waals surface area contributed by atoms with Crippen LogP contribution in [0, 0.1) is 13.8 Å². The molecule has 128 valence electrons. The van der Waals surface area contributed by atoms with Gasteiger partial charge < -0.3 is 15.7 Å². The summed E-state index contributed by atoms with van der Waals surface area (Å²) in [5.41, 5.74) is 3.88. The van der Waals surface area contributed by atoms with E-state index in [0.717, 1.165) is 22.4 Å². The molecule has 0 bridgehead atoms. The topological polar surface area (TPSA) is 60.8 Å². The molecule has 0 amide bonds. The molecule has 0 radical (unpaired) electrons. The van der Waals surface area contributed by atoms with E-state index in [-0.39, 0.29) is 32.0 Å². The zero-order valence-corrected chi connectivity index (χ0v) is 17.9. The van der Waals surface area contributed by atoms with Gasteiger partial charge in [-0.3, -0.25) is 4.99 Å². The quantitative estimate of drug-likeness (QED) is 0.704. The van der Waals surface area contributed by atoms with Gasteiger partial charge in [-0.15, -0.1) is 0 Å². The van der Waals surface area contributed by atoms with Crippen LogP contribution < -0.4 is 0 Å². The van der Waals surface area contributed by atoms with Crippen molar-refractivity contribution in [2.75, 3.05) is 28.2 Å². The third-order valence-corrected chi connectivity index (χ3v) is 2.86. The number of benzene rings is 2. The molecule has 4 nitrogen and oxygen atoms in total. The first-order valence-corrected chi connectivity index (χ1v) is 7.35. The van der Waals surface area contributed by atoms with E-state index in [9.17, 15) is 5.11 Å². The predicted octanol–water partition coefficient (Wildman–Crippen LogP) is 5.00. The Bertz CT molecular complexity index is 585. The number of phenolic OH excluding ortho intramolecular Hbond substituents is 1. The van der Waals surface area contributed by atoms with Gasteiger partial charge in [-0.05, 0) is 43.2 Å². The van der Waals surface area contributed by atoms with Gasteiger partial charge in [-0.2, -0.15) is 28.2 Å². The summed E-state index contributed by atoms with van der Waals surface area (Å²) in [6.45, 7) is 4.01. The number of aliphatic imine (C=N–C) groups is 1. The van der Waals surface area contributed by atoms with Crippen molar-refractivity contribution in [3.63, 3.8) is 0 Å². The molecule has 0 saturated heterocycles. The Balaban J connectivity index is 0. The maximum atomic E-state index is 9.80. The molecule has 0 heterocycles. The fourth-order valence-corrected chi connectivity index (χ4v) is 1.64. The van der Waals surface area contributed by atoms with E-state index in [2.05, 4.69) is 15.6 Å². The van der Waals surface area contributed by atoms with Crippen molar-refractivity contribution in [1.29, 1.82) is 0 Å². The van der Waals surface area contributed by atoms with E-state index in [4.69, 9.17) is 0 Å². The number of para-hydroxylation sites is 1. The smallest absolute Gasteiger partial charge is 0.668 e. The first-order chi connectivity index (χ1) is 11.0. The Morgan fingerprint density at radius 2 is 1.38 bits per heavy atom. The summed E-state index contributed by atoms with van der Waals surface area (Å²) in [4.78, 5) is 4.35. The summed E-state index contributed by atoms with van der Waals surface area (Å²) in [6, 6.07) is 13.3. The molecule has 0 atom stereocenters. The molecule has 0 spiro atoms. The molecule has 0 aliphatic carbocycles. The van der Waals surface area contributed by atoms with Gasteiger partial charge in [0.05, 0.1) is 5.69 Å². The van der Waals surface area contributed by atoms with Crippen LogP contribution in [0.2, 0.25) is 0 Å². The summed E-state index contributed by atoms with van der Waals surface area (Å²) in [5.74, 6) is 0.271. The number of hydrogen-bond acceptors (Lipinski definition) is 2. The number of phenols is 1. The Labute approximate surface area is 165 Å². The fourth-order valence-electron chi connectivity index (χ4n) is 1.64. The van der Waals surface area contributed by atoms with Crippen LogP contribution >= 0.6 is 0 Å². The van der Waals surface area contributed by atoms with Crippen LogP contribution in [-0.4, -0.2) is 39.5 Å². The van der Waals surface area contributed by atoms with Gasteiger partial charge in [0.15, 0.2) is 0 Å². The van der Waals surface area contributed by atoms with Gasteiger partial charge in [0, 0.05) is 11.8 Å². The van der Waals surface area contributed by atoms with Gasteiger partial charge in [0.25, 0.3) is 0 Å². The summed E-state index contributed by atoms with van der Waals surface area (Å²) < 4.78 is 0. The summed E-state index contributed by atoms with van der Waals surface area (Å²) in [6.07, 6.45) is 1.72. The molecule has 1 N–H and O–H groups in total. The number of aryl methyl sites for hydroxylation is 1. The van der Waals surface area contributed by atoms with Gasteiger partial charge in [0.1, 0.15) is 5.75 Å². The third kappa shape index (κ3) is 9.76. The summed E-state index contributed by atoms with van der Waals surface area (Å²) in [5, 5.41) is 16.8. The normalized spacial score (nSPS) is 9.25. The standard InChI is InChI=1S/C15H15NO.2C2H6N.Zr/c1-11-8-9-15(17)14(12(11)2)10-16-13-6-4-3-5-7-13;2*1-3-2;/h3-10,17H,1-2H3;2*1-2H3;/q;2*-1;+2. The Morgan fingerprint density at radius 3 is 1.88 bits per heavy atom. The zero-order chi connectivity index (χ0) is 17.7. The van der Waals surface area contributed by atoms with Crippen molar-refractivity contribution >= 4 is 11.9 Å². The monoisotopic (exact) mass is 403 g/mol. The molecule has 0 saturated carbocycles. The predicted molar refractivity (Wildman–Crippen MR) is 102 cm³/mol. The first kappa shape index (κ1) is 25.0. The van der Waals surface area contributed by atoms with Gasteiger partial charge in [0.2, 0.25) is 0 Å². The van der Waals surface area contributed by atoms with Crippen LogP contribution in [0.3, 0.4) is 0 Å². The van der Waals surface area contributed by atoms with Gasteiger partial charge in [-0.25, -0.2) is 0 Å². The minimum atomic E-state index is 0. The molecular weight excluding hydrogens is 377 g/mol. The van der Waals surface area contributed by atoms with E-state index < -0.39 is 0 Å². The minimum Gasteiger partial charge on any atom is -0.668 e. The van der Waals surface area contributed by atoms with E-state index in [1.165, 1.54) is 0 Å². The van der Waals surface area contributed by atoms with E-state index >= 15 is 0 Å². The molecule has 2 rings (SSSR count). The minimum absolute atomic E-state index is 0. The van der Waals surface area contributed by atoms with Crippen molar-refractivity contribution in [2.45, 2.75) is 13.8 Å². The zero-order valence-electron chi connectivity index (χ0n) is 15.4. The molecule has 0 aliphatic heterocycles. The van der Waals surface area contributed by atoms with Crippen molar-refractivity contribution in [2.24, 2.45) is 4.99 Å². The largest absolute Gasteiger partial charge is 2.00 e. The van der Waals surface area contributed by atoms with E-state index in [0.29, 0.717) is 0 Å². The molecule has 24 heavy (non-hydrogen) atoms. The first-order valence-electron chi connectivity index (χ1n) is 7.35. The fraction of sp³-hybridized carbons (Fsp3) is 0.316. The molecule has 0 aliphatic rings. The maximum absolute atomic E-state index is 9.80. The Hall–Kier alpha value is -1.29. The van der Waals surface area contributed by atoms with Crippen molar-refractivity contribution in [3.8, 4) is 5.75 Å². The Morgan fingerprint density at radius 1 is 0.875 bits per heavy atom. The van der Waals surface area contributed by atoms with Gasteiger partial charge in [-0.1, -0.05) is 24.3 Å². The molecule has 2 aromatic carbocycles. The second-order valence-electron chi connectivity index (χ2n) is 4.93. The van der Waals surface area contributed by atoms with Crippen LogP contribution in [0.5, 0.6) is 5.75 Å². The molecule has 0 fully saturated rings. The number of hydrogen-bond donors (Lipinski definition) is 1. The molecular formula is C19H27N3OZr. The summed E-state index contributed by atoms with van der Waals surface area (Å²) >= 11 is 0. The average Bonchev–Trinajstić information content (AvgIpc) is 2.54. The van der Waals surface area contributed by atoms with Gasteiger partial charge >= 0.3 is 26.2 Å². The SMILES string of the molecule is C[N-]C.C[N-]C.Cc1ccc(O)c(C=Nc2ccccc2)c1C.[Zr+2]. The number of rotatable bonds is 2. The second kappa shape index (κ2) is 15.3. The molecule has 0 unspecified atom stereocenters. The summed E-state index contributed by atoms with van der Waals surface area (Å²) in [7, 11) is 7.00. The Kier molecular flexibility index (Phi) is 15.9. The molecule has 2 aromatic rings. The second-order valence-corrected chi connectivity index (χ2v) is 4.93. The van der Waals surface area contributed by atoms with Crippen LogP contribution in [0.1, 0.15) is 16.7 Å². The van der Waals surface area contributed by atoms with Crippen LogP contribution in [-0.2, 0) is 26.2 Å². The van der Waals surface area contributed by atoms with E-state index in [1.807, 2.05) is 50.2 Å². The van der Waals surface area contributed by atoms with Crippen molar-refractivity contribution < 1.29 is 31.3 Å². The molecule has 5 heteroatoms. The van der Waals surface area contributed by atoms with E-state index in [1.54, 1.807) is 40.5 Å². The third-order valence-electron chi connectivity index (χ3n) is 2.86. The average molecular weight is 405 g/mol. The van der Waals surface area contributed by atoms with Crippen molar-refractivity contribution in [1.82, 2.24) is 0 Å². The van der Waals surface area contributed by atoms with Crippen molar-refractivity contribution in [3.05, 3.63) is 69.8 Å². The van der Waals surface area contributed by atoms with Crippen LogP contribution in [0.15, 0.2) is 47.5 Å².